The molecule has 0 aliphatic heterocycles. The van der Waals surface area contributed by atoms with Gasteiger partial charge in [0.2, 0.25) is 5.91 Å². The first-order valence-corrected chi connectivity index (χ1v) is 12.9. The molecule has 3 aromatic carbocycles. The molecule has 6 rings (SSSR count). The van der Waals surface area contributed by atoms with E-state index < -0.39 is 5.41 Å². The van der Waals surface area contributed by atoms with Gasteiger partial charge in [0.25, 0.3) is 0 Å². The molecule has 0 saturated heterocycles. The molecule has 3 N–H and O–H groups in total. The maximum atomic E-state index is 14.3. The Morgan fingerprint density at radius 1 is 0.900 bits per heavy atom. The van der Waals surface area contributed by atoms with Crippen molar-refractivity contribution in [2.24, 2.45) is 5.41 Å². The first kappa shape index (κ1) is 25.3. The van der Waals surface area contributed by atoms with Crippen LogP contribution in [0, 0.1) is 11.2 Å². The number of methoxy groups -OCH3 is 1. The summed E-state index contributed by atoms with van der Waals surface area (Å²) in [7, 11) is 1.53. The van der Waals surface area contributed by atoms with Crippen LogP contribution in [0.15, 0.2) is 79.1 Å². The minimum Gasteiger partial charge on any atom is -0.497 e. The lowest BCUT2D eigenvalue weighted by atomic mass is 9.95. The fourth-order valence-corrected chi connectivity index (χ4v) is 4.75. The van der Waals surface area contributed by atoms with Crippen LogP contribution < -0.4 is 10.1 Å². The number of hydrogen-bond acceptors (Lipinski definition) is 4. The summed E-state index contributed by atoms with van der Waals surface area (Å²) in [4.78, 5) is 20.3. The highest BCUT2D eigenvalue weighted by Gasteiger charge is 2.21. The van der Waals surface area contributed by atoms with E-state index in [1.54, 1.807) is 12.4 Å². The van der Waals surface area contributed by atoms with Crippen molar-refractivity contribution in [3.8, 4) is 39.4 Å². The number of hydrogen-bond donors (Lipinski definition) is 3. The van der Waals surface area contributed by atoms with Crippen molar-refractivity contribution in [3.63, 3.8) is 0 Å². The van der Waals surface area contributed by atoms with Crippen molar-refractivity contribution in [1.82, 2.24) is 20.2 Å². The maximum Gasteiger partial charge on any atom is 0.229 e. The second-order valence-corrected chi connectivity index (χ2v) is 10.8. The molecule has 0 bridgehead atoms. The SMILES string of the molecule is COc1cc(F)cc(-c2cccc3[nH]c(-c4n[nH]c5ccc(-c6cncc(NC(=O)C(C)(C)C)c6)cc45)cc23)c1. The molecule has 0 aliphatic rings. The largest absolute Gasteiger partial charge is 0.497 e. The fraction of sp³-hybridized carbons (Fsp3) is 0.156. The normalized spacial score (nSPS) is 11.7. The Bertz CT molecular complexity index is 1900. The van der Waals surface area contributed by atoms with Crippen molar-refractivity contribution in [1.29, 1.82) is 0 Å². The number of nitrogens with zero attached hydrogens (tertiary/aromatic N) is 2. The van der Waals surface area contributed by atoms with Crippen molar-refractivity contribution in [2.75, 3.05) is 12.4 Å². The maximum absolute atomic E-state index is 14.3. The van der Waals surface area contributed by atoms with Gasteiger partial charge in [0.1, 0.15) is 17.3 Å². The van der Waals surface area contributed by atoms with Gasteiger partial charge in [-0.25, -0.2) is 4.39 Å². The molecule has 1 amide bonds. The minimum absolute atomic E-state index is 0.0751. The zero-order valence-corrected chi connectivity index (χ0v) is 22.6. The number of aromatic amines is 2. The number of fused-ring (bicyclic) bond motifs is 2. The van der Waals surface area contributed by atoms with Gasteiger partial charge in [0.15, 0.2) is 0 Å². The summed E-state index contributed by atoms with van der Waals surface area (Å²) in [5.74, 6) is 0.0310. The minimum atomic E-state index is -0.513. The van der Waals surface area contributed by atoms with Crippen LogP contribution in [-0.4, -0.2) is 33.2 Å². The van der Waals surface area contributed by atoms with E-state index in [-0.39, 0.29) is 11.7 Å². The number of pyridine rings is 1. The molecule has 3 aromatic heterocycles. The van der Waals surface area contributed by atoms with Crippen LogP contribution in [0.3, 0.4) is 0 Å². The molecule has 7 nitrogen and oxygen atoms in total. The molecule has 40 heavy (non-hydrogen) atoms. The predicted octanol–water partition coefficient (Wildman–Crippen LogP) is 7.57. The van der Waals surface area contributed by atoms with E-state index in [9.17, 15) is 9.18 Å². The molecule has 200 valence electrons. The third-order valence-electron chi connectivity index (χ3n) is 6.91. The average molecular weight is 534 g/mol. The average Bonchev–Trinajstić information content (AvgIpc) is 3.56. The van der Waals surface area contributed by atoms with E-state index in [2.05, 4.69) is 31.5 Å². The third kappa shape index (κ3) is 4.68. The molecule has 0 fully saturated rings. The number of amides is 1. The quantitative estimate of drug-likeness (QED) is 0.213. The molecule has 3 heterocycles. The summed E-state index contributed by atoms with van der Waals surface area (Å²) in [5, 5.41) is 12.6. The Hall–Kier alpha value is -4.98. The van der Waals surface area contributed by atoms with Gasteiger partial charge in [-0.05, 0) is 59.2 Å². The number of aromatic nitrogens is 4. The standard InChI is InChI=1S/C32H28FN5O2/c1-32(2,3)31(39)35-22-11-20(16-34-17-22)18-8-9-28-26(13-18)30(38-37-28)29-15-25-24(6-5-7-27(25)36-29)19-10-21(33)14-23(12-19)40-4/h5-17,36H,1-4H3,(H,35,39)(H,37,38). The molecule has 0 radical (unpaired) electrons. The molecule has 0 atom stereocenters. The highest BCUT2D eigenvalue weighted by atomic mass is 19.1. The van der Waals surface area contributed by atoms with Crippen molar-refractivity contribution < 1.29 is 13.9 Å². The Kier molecular flexibility index (Phi) is 6.10. The van der Waals surface area contributed by atoms with E-state index >= 15 is 0 Å². The number of H-pyrrole nitrogens is 2. The Labute approximate surface area is 230 Å². The zero-order valence-electron chi connectivity index (χ0n) is 22.6. The van der Waals surface area contributed by atoms with Crippen LogP contribution in [-0.2, 0) is 4.79 Å². The molecule has 6 aromatic rings. The molecule has 0 aliphatic carbocycles. The van der Waals surface area contributed by atoms with E-state index in [1.165, 1.54) is 19.2 Å². The second kappa shape index (κ2) is 9.64. The lowest BCUT2D eigenvalue weighted by Gasteiger charge is -2.17. The van der Waals surface area contributed by atoms with Gasteiger partial charge in [0, 0.05) is 39.5 Å². The number of rotatable bonds is 5. The smallest absolute Gasteiger partial charge is 0.229 e. The summed E-state index contributed by atoms with van der Waals surface area (Å²) >= 11 is 0. The summed E-state index contributed by atoms with van der Waals surface area (Å²) in [6.07, 6.45) is 3.42. The first-order valence-electron chi connectivity index (χ1n) is 12.9. The van der Waals surface area contributed by atoms with Gasteiger partial charge in [-0.1, -0.05) is 39.0 Å². The number of carbonyl (C=O) groups excluding carboxylic acids is 1. The van der Waals surface area contributed by atoms with Crippen molar-refractivity contribution in [2.45, 2.75) is 20.8 Å². The number of carbonyl (C=O) groups is 1. The molecule has 0 spiro atoms. The van der Waals surface area contributed by atoms with Gasteiger partial charge < -0.3 is 15.0 Å². The van der Waals surface area contributed by atoms with Gasteiger partial charge in [0.05, 0.1) is 30.2 Å². The summed E-state index contributed by atoms with van der Waals surface area (Å²) < 4.78 is 19.6. The monoisotopic (exact) mass is 533 g/mol. The number of halogens is 1. The molecule has 8 heteroatoms. The summed E-state index contributed by atoms with van der Waals surface area (Å²) in [6.45, 7) is 5.61. The number of anilines is 1. The van der Waals surface area contributed by atoms with Crippen LogP contribution in [0.5, 0.6) is 5.75 Å². The van der Waals surface area contributed by atoms with Gasteiger partial charge in [-0.15, -0.1) is 0 Å². The summed E-state index contributed by atoms with van der Waals surface area (Å²) in [5.41, 5.74) is 6.96. The summed E-state index contributed by atoms with van der Waals surface area (Å²) in [6, 6.07) is 20.6. The molecule has 0 unspecified atom stereocenters. The predicted molar refractivity (Wildman–Crippen MR) is 157 cm³/mol. The molecule has 0 saturated carbocycles. The van der Waals surface area contributed by atoms with Gasteiger partial charge in [-0.2, -0.15) is 5.10 Å². The third-order valence-corrected chi connectivity index (χ3v) is 6.91. The fourth-order valence-electron chi connectivity index (χ4n) is 4.75. The van der Waals surface area contributed by atoms with Crippen LogP contribution in [0.4, 0.5) is 10.1 Å². The second-order valence-electron chi connectivity index (χ2n) is 10.8. The lowest BCUT2D eigenvalue weighted by molar-refractivity contribution is -0.123. The zero-order chi connectivity index (χ0) is 28.0. The van der Waals surface area contributed by atoms with Crippen molar-refractivity contribution in [3.05, 3.63) is 84.9 Å². The van der Waals surface area contributed by atoms with E-state index in [0.717, 1.165) is 55.4 Å². The topological polar surface area (TPSA) is 95.7 Å². The highest BCUT2D eigenvalue weighted by Crippen LogP contribution is 2.36. The number of ether oxygens (including phenoxy) is 1. The van der Waals surface area contributed by atoms with Gasteiger partial charge >= 0.3 is 0 Å². The Balaban J connectivity index is 1.40. The number of nitrogens with one attached hydrogen (secondary N) is 3. The Morgan fingerprint density at radius 2 is 1.75 bits per heavy atom. The number of benzene rings is 3. The lowest BCUT2D eigenvalue weighted by Crippen LogP contribution is -2.27. The molecular formula is C32H28FN5O2. The van der Waals surface area contributed by atoms with Crippen LogP contribution in [0.25, 0.3) is 55.4 Å². The van der Waals surface area contributed by atoms with Crippen LogP contribution >= 0.6 is 0 Å². The van der Waals surface area contributed by atoms with E-state index in [1.807, 2.05) is 69.3 Å². The van der Waals surface area contributed by atoms with Crippen molar-refractivity contribution >= 4 is 33.4 Å². The highest BCUT2D eigenvalue weighted by molar-refractivity contribution is 6.02. The van der Waals surface area contributed by atoms with E-state index in [4.69, 9.17) is 4.74 Å². The van der Waals surface area contributed by atoms with Crippen LogP contribution in [0.2, 0.25) is 0 Å². The van der Waals surface area contributed by atoms with E-state index in [0.29, 0.717) is 11.4 Å². The Morgan fingerprint density at radius 3 is 2.55 bits per heavy atom. The van der Waals surface area contributed by atoms with Crippen LogP contribution in [0.1, 0.15) is 20.8 Å². The molecular weight excluding hydrogens is 505 g/mol. The van der Waals surface area contributed by atoms with Gasteiger partial charge in [-0.3, -0.25) is 14.9 Å². The first-order chi connectivity index (χ1) is 19.2.